The Hall–Kier alpha value is -3.49. The van der Waals surface area contributed by atoms with E-state index in [9.17, 15) is 14.4 Å². The normalized spacial score (nSPS) is 18.9. The SMILES string of the molecule is Cc1ccc(NC(=O)COc2c(Br)cc(Br)cc2C2C3=C(CC(C)(C)CC3=O)N(Cc3ccccc3)C3=C2C(=O)CC(C)(C)C3)c(C)c1. The van der Waals surface area contributed by atoms with Crippen molar-refractivity contribution in [2.75, 3.05) is 11.9 Å². The summed E-state index contributed by atoms with van der Waals surface area (Å²) in [5.41, 5.74) is 7.39. The van der Waals surface area contributed by atoms with Gasteiger partial charge in [0.15, 0.2) is 18.2 Å². The van der Waals surface area contributed by atoms with Crippen molar-refractivity contribution in [1.29, 1.82) is 0 Å². The highest BCUT2D eigenvalue weighted by atomic mass is 79.9. The molecule has 3 aliphatic rings. The fraction of sp³-hybridized carbons (Fsp3) is 0.375. The van der Waals surface area contributed by atoms with Crippen LogP contribution in [0.5, 0.6) is 5.75 Å². The van der Waals surface area contributed by atoms with Gasteiger partial charge in [0.25, 0.3) is 5.91 Å². The monoisotopic (exact) mass is 772 g/mol. The van der Waals surface area contributed by atoms with Gasteiger partial charge in [0.1, 0.15) is 5.75 Å². The first kappa shape index (κ1) is 34.4. The third-order valence-electron chi connectivity index (χ3n) is 9.56. The summed E-state index contributed by atoms with van der Waals surface area (Å²) >= 11 is 7.37. The first-order chi connectivity index (χ1) is 22.6. The second kappa shape index (κ2) is 13.1. The molecule has 0 atom stereocenters. The molecule has 48 heavy (non-hydrogen) atoms. The van der Waals surface area contributed by atoms with E-state index in [1.165, 1.54) is 0 Å². The van der Waals surface area contributed by atoms with Gasteiger partial charge in [-0.3, -0.25) is 14.4 Å². The molecule has 0 saturated carbocycles. The van der Waals surface area contributed by atoms with Gasteiger partial charge < -0.3 is 15.0 Å². The summed E-state index contributed by atoms with van der Waals surface area (Å²) in [5, 5.41) is 2.97. The molecule has 0 fully saturated rings. The molecule has 0 unspecified atom stereocenters. The van der Waals surface area contributed by atoms with E-state index in [4.69, 9.17) is 4.74 Å². The van der Waals surface area contributed by atoms with E-state index in [-0.39, 0.29) is 34.9 Å². The Morgan fingerprint density at radius 3 is 2.04 bits per heavy atom. The zero-order valence-electron chi connectivity index (χ0n) is 28.4. The predicted octanol–water partition coefficient (Wildman–Crippen LogP) is 9.73. The van der Waals surface area contributed by atoms with Gasteiger partial charge >= 0.3 is 0 Å². The highest BCUT2D eigenvalue weighted by molar-refractivity contribution is 9.11. The van der Waals surface area contributed by atoms with E-state index >= 15 is 0 Å². The van der Waals surface area contributed by atoms with Crippen molar-refractivity contribution < 1.29 is 19.1 Å². The molecular formula is C40H42Br2N2O4. The molecule has 1 N–H and O–H groups in total. The Morgan fingerprint density at radius 1 is 0.854 bits per heavy atom. The van der Waals surface area contributed by atoms with E-state index in [1.54, 1.807) is 0 Å². The van der Waals surface area contributed by atoms with Gasteiger partial charge in [-0.05, 0) is 82.8 Å². The number of amides is 1. The Morgan fingerprint density at radius 2 is 1.46 bits per heavy atom. The Bertz CT molecular complexity index is 1840. The molecule has 3 aromatic carbocycles. The number of hydrogen-bond acceptors (Lipinski definition) is 5. The summed E-state index contributed by atoms with van der Waals surface area (Å²) in [6.07, 6.45) is 2.17. The Labute approximate surface area is 300 Å². The number of anilines is 1. The van der Waals surface area contributed by atoms with Crippen LogP contribution < -0.4 is 10.1 Å². The summed E-state index contributed by atoms with van der Waals surface area (Å²) in [7, 11) is 0. The minimum absolute atomic E-state index is 0.0446. The van der Waals surface area contributed by atoms with Crippen molar-refractivity contribution in [3.63, 3.8) is 0 Å². The third-order valence-corrected chi connectivity index (χ3v) is 10.6. The van der Waals surface area contributed by atoms with Crippen LogP contribution in [0.2, 0.25) is 0 Å². The third kappa shape index (κ3) is 6.97. The zero-order chi connectivity index (χ0) is 34.5. The van der Waals surface area contributed by atoms with E-state index in [0.29, 0.717) is 59.2 Å². The fourth-order valence-corrected chi connectivity index (χ4v) is 8.91. The zero-order valence-corrected chi connectivity index (χ0v) is 31.6. The van der Waals surface area contributed by atoms with Gasteiger partial charge in [0.05, 0.1) is 4.47 Å². The highest BCUT2D eigenvalue weighted by Crippen LogP contribution is 2.56. The van der Waals surface area contributed by atoms with E-state index < -0.39 is 5.92 Å². The lowest BCUT2D eigenvalue weighted by Gasteiger charge is -2.49. The molecule has 6 nitrogen and oxygen atoms in total. The van der Waals surface area contributed by atoms with Crippen molar-refractivity contribution in [3.8, 4) is 5.75 Å². The second-order valence-corrected chi connectivity index (χ2v) is 16.8. The molecule has 0 saturated heterocycles. The van der Waals surface area contributed by atoms with Gasteiger partial charge in [-0.25, -0.2) is 0 Å². The number of nitrogens with one attached hydrogen (secondary N) is 1. The lowest BCUT2D eigenvalue weighted by molar-refractivity contribution is -0.120. The van der Waals surface area contributed by atoms with Crippen molar-refractivity contribution >= 4 is 55.0 Å². The molecule has 250 valence electrons. The van der Waals surface area contributed by atoms with E-state index in [0.717, 1.165) is 38.2 Å². The maximum Gasteiger partial charge on any atom is 0.262 e. The number of hydrogen-bond donors (Lipinski definition) is 1. The largest absolute Gasteiger partial charge is 0.482 e. The number of benzene rings is 3. The standard InChI is InChI=1S/C40H42Br2N2O4/c1-23-12-13-29(24(2)14-23)43-34(47)22-48-38-27(15-26(41)16-28(38)42)35-36-30(17-39(3,4)19-32(36)45)44(21-25-10-8-7-9-11-25)31-18-40(5,6)20-33(46)37(31)35/h7-16,35H,17-22H2,1-6H3,(H,43,47). The van der Waals surface area contributed by atoms with Crippen LogP contribution in [0.1, 0.15) is 81.5 Å². The summed E-state index contributed by atoms with van der Waals surface area (Å²) in [6, 6.07) is 19.9. The van der Waals surface area contributed by atoms with Gasteiger partial charge in [-0.15, -0.1) is 0 Å². The molecule has 0 spiro atoms. The van der Waals surface area contributed by atoms with Crippen LogP contribution in [-0.2, 0) is 20.9 Å². The first-order valence-electron chi connectivity index (χ1n) is 16.5. The first-order valence-corrected chi connectivity index (χ1v) is 18.0. The van der Waals surface area contributed by atoms with Crippen molar-refractivity contribution in [2.24, 2.45) is 10.8 Å². The van der Waals surface area contributed by atoms with Crippen LogP contribution in [0.3, 0.4) is 0 Å². The number of carbonyl (C=O) groups is 3. The molecule has 0 aromatic heterocycles. The van der Waals surface area contributed by atoms with Crippen molar-refractivity contribution in [3.05, 3.63) is 114 Å². The van der Waals surface area contributed by atoms with Crippen LogP contribution in [0.4, 0.5) is 5.69 Å². The molecule has 3 aromatic rings. The molecule has 6 rings (SSSR count). The average Bonchev–Trinajstić information content (AvgIpc) is 2.98. The summed E-state index contributed by atoms with van der Waals surface area (Å²) in [6.45, 7) is 12.9. The predicted molar refractivity (Wildman–Crippen MR) is 197 cm³/mol. The quantitative estimate of drug-likeness (QED) is 0.259. The van der Waals surface area contributed by atoms with Gasteiger partial charge in [0, 0.05) is 63.6 Å². The lowest BCUT2D eigenvalue weighted by Crippen LogP contribution is -2.44. The highest BCUT2D eigenvalue weighted by Gasteiger charge is 2.49. The van der Waals surface area contributed by atoms with Crippen LogP contribution in [0, 0.1) is 24.7 Å². The van der Waals surface area contributed by atoms with Gasteiger partial charge in [-0.1, -0.05) is 91.7 Å². The fourth-order valence-electron chi connectivity index (χ4n) is 7.54. The molecular weight excluding hydrogens is 732 g/mol. The molecule has 0 bridgehead atoms. The number of nitrogens with zero attached hydrogens (tertiary/aromatic N) is 1. The summed E-state index contributed by atoms with van der Waals surface area (Å²) in [5.74, 6) is -0.387. The molecule has 8 heteroatoms. The average molecular weight is 775 g/mol. The smallest absolute Gasteiger partial charge is 0.262 e. The van der Waals surface area contributed by atoms with Crippen LogP contribution in [0.25, 0.3) is 0 Å². The van der Waals surface area contributed by atoms with Crippen LogP contribution >= 0.6 is 31.9 Å². The summed E-state index contributed by atoms with van der Waals surface area (Å²) < 4.78 is 7.76. The van der Waals surface area contributed by atoms with Crippen LogP contribution in [-0.4, -0.2) is 29.0 Å². The number of aryl methyl sites for hydroxylation is 2. The minimum atomic E-state index is -0.625. The maximum atomic E-state index is 14.4. The number of ether oxygens (including phenoxy) is 1. The van der Waals surface area contributed by atoms with Gasteiger partial charge in [-0.2, -0.15) is 0 Å². The molecule has 0 radical (unpaired) electrons. The van der Waals surface area contributed by atoms with E-state index in [2.05, 4.69) is 81.9 Å². The minimum Gasteiger partial charge on any atom is -0.482 e. The maximum absolute atomic E-state index is 14.4. The molecule has 1 aliphatic heterocycles. The molecule has 1 heterocycles. The number of allylic oxidation sites excluding steroid dienone is 4. The van der Waals surface area contributed by atoms with Crippen LogP contribution in [0.15, 0.2) is 92.1 Å². The van der Waals surface area contributed by atoms with E-state index in [1.807, 2.05) is 62.4 Å². The number of ketones is 2. The Balaban J connectivity index is 1.48. The summed E-state index contributed by atoms with van der Waals surface area (Å²) in [4.78, 5) is 44.3. The number of Topliss-reactive ketones (excluding diaryl/α,β-unsaturated/α-hetero) is 2. The molecule has 2 aliphatic carbocycles. The topological polar surface area (TPSA) is 75.7 Å². The van der Waals surface area contributed by atoms with Gasteiger partial charge in [0.2, 0.25) is 0 Å². The number of rotatable bonds is 7. The number of halogens is 2. The Kier molecular flexibility index (Phi) is 9.37. The van der Waals surface area contributed by atoms with Crippen molar-refractivity contribution in [2.45, 2.75) is 79.7 Å². The van der Waals surface area contributed by atoms with Crippen molar-refractivity contribution in [1.82, 2.24) is 4.90 Å². The second-order valence-electron chi connectivity index (χ2n) is 15.1. The lowest BCUT2D eigenvalue weighted by atomic mass is 9.63. The molecule has 1 amide bonds. The number of carbonyl (C=O) groups excluding carboxylic acids is 3.